The van der Waals surface area contributed by atoms with Gasteiger partial charge in [-0.3, -0.25) is 14.3 Å². The van der Waals surface area contributed by atoms with E-state index in [1.54, 1.807) is 48.5 Å². The van der Waals surface area contributed by atoms with E-state index in [0.717, 1.165) is 11.8 Å². The lowest BCUT2D eigenvalue weighted by Gasteiger charge is -2.08. The molecule has 0 aliphatic heterocycles. The molecule has 2 rings (SSSR count). The quantitative estimate of drug-likeness (QED) is 0.673. The van der Waals surface area contributed by atoms with Gasteiger partial charge in [0, 0.05) is 35.7 Å². The molecule has 2 aromatic rings. The second-order valence-corrected chi connectivity index (χ2v) is 7.97. The maximum Gasteiger partial charge on any atom is 0.229 e. The van der Waals surface area contributed by atoms with Crippen molar-refractivity contribution in [2.75, 3.05) is 11.0 Å². The van der Waals surface area contributed by atoms with Crippen molar-refractivity contribution < 1.29 is 18.0 Å². The van der Waals surface area contributed by atoms with Gasteiger partial charge in [0.05, 0.1) is 6.26 Å². The molecule has 0 heterocycles. The van der Waals surface area contributed by atoms with Gasteiger partial charge in [-0.25, -0.2) is 8.42 Å². The van der Waals surface area contributed by atoms with Gasteiger partial charge >= 0.3 is 0 Å². The Bertz CT molecular complexity index is 896. The number of benzene rings is 2. The van der Waals surface area contributed by atoms with E-state index in [1.165, 1.54) is 0 Å². The molecule has 138 valence electrons. The molecule has 2 aromatic carbocycles. The minimum atomic E-state index is -3.36. The zero-order valence-corrected chi connectivity index (χ0v) is 15.7. The SMILES string of the molecule is CS(=O)(=O)Nc1cccc(CNC(=O)CCC(=O)c2ccc(Cl)cc2)c1. The number of ketones is 1. The van der Waals surface area contributed by atoms with Gasteiger partial charge in [0.2, 0.25) is 15.9 Å². The summed E-state index contributed by atoms with van der Waals surface area (Å²) in [5, 5.41) is 3.26. The van der Waals surface area contributed by atoms with Crippen LogP contribution in [0.4, 0.5) is 5.69 Å². The van der Waals surface area contributed by atoms with Crippen molar-refractivity contribution in [3.8, 4) is 0 Å². The Morgan fingerprint density at radius 1 is 1.04 bits per heavy atom. The fraction of sp³-hybridized carbons (Fsp3) is 0.222. The average Bonchev–Trinajstić information content (AvgIpc) is 2.57. The largest absolute Gasteiger partial charge is 0.352 e. The van der Waals surface area contributed by atoms with Crippen LogP contribution in [0, 0.1) is 0 Å². The number of halogens is 1. The second kappa shape index (κ2) is 8.82. The minimum absolute atomic E-state index is 0.0722. The summed E-state index contributed by atoms with van der Waals surface area (Å²) < 4.78 is 24.9. The number of hydrogen-bond acceptors (Lipinski definition) is 4. The van der Waals surface area contributed by atoms with Gasteiger partial charge in [-0.15, -0.1) is 0 Å². The van der Waals surface area contributed by atoms with Crippen LogP contribution in [0.3, 0.4) is 0 Å². The van der Waals surface area contributed by atoms with Crippen molar-refractivity contribution in [2.24, 2.45) is 0 Å². The summed E-state index contributed by atoms with van der Waals surface area (Å²) in [6.07, 6.45) is 1.24. The maximum absolute atomic E-state index is 12.0. The molecule has 0 saturated heterocycles. The molecule has 0 aromatic heterocycles. The molecule has 0 radical (unpaired) electrons. The lowest BCUT2D eigenvalue weighted by molar-refractivity contribution is -0.121. The third-order valence-corrected chi connectivity index (χ3v) is 4.32. The predicted octanol–water partition coefficient (Wildman–Crippen LogP) is 2.99. The van der Waals surface area contributed by atoms with Crippen LogP contribution in [0.15, 0.2) is 48.5 Å². The molecule has 0 fully saturated rings. The highest BCUT2D eigenvalue weighted by Gasteiger charge is 2.09. The first kappa shape index (κ1) is 19.9. The van der Waals surface area contributed by atoms with E-state index in [0.29, 0.717) is 16.3 Å². The lowest BCUT2D eigenvalue weighted by Crippen LogP contribution is -2.23. The summed E-state index contributed by atoms with van der Waals surface area (Å²) in [6.45, 7) is 0.243. The third kappa shape index (κ3) is 6.85. The molecule has 1 amide bonds. The molecular weight excluding hydrogens is 376 g/mol. The number of nitrogens with one attached hydrogen (secondary N) is 2. The van der Waals surface area contributed by atoms with Gasteiger partial charge < -0.3 is 5.32 Å². The normalized spacial score (nSPS) is 11.0. The molecule has 0 aliphatic carbocycles. The second-order valence-electron chi connectivity index (χ2n) is 5.78. The van der Waals surface area contributed by atoms with Crippen molar-refractivity contribution in [3.05, 3.63) is 64.7 Å². The summed E-state index contributed by atoms with van der Waals surface area (Å²) >= 11 is 5.78. The highest BCUT2D eigenvalue weighted by molar-refractivity contribution is 7.92. The van der Waals surface area contributed by atoms with Gasteiger partial charge in [0.25, 0.3) is 0 Å². The van der Waals surface area contributed by atoms with E-state index >= 15 is 0 Å². The van der Waals surface area contributed by atoms with E-state index in [1.807, 2.05) is 0 Å². The van der Waals surface area contributed by atoms with E-state index in [2.05, 4.69) is 10.0 Å². The van der Waals surface area contributed by atoms with Crippen LogP contribution in [0.1, 0.15) is 28.8 Å². The van der Waals surface area contributed by atoms with E-state index in [-0.39, 0.29) is 31.1 Å². The first-order valence-electron chi connectivity index (χ1n) is 7.85. The zero-order chi connectivity index (χ0) is 19.2. The summed E-state index contributed by atoms with van der Waals surface area (Å²) in [5.41, 5.74) is 1.69. The van der Waals surface area contributed by atoms with Crippen molar-refractivity contribution in [3.63, 3.8) is 0 Å². The third-order valence-electron chi connectivity index (χ3n) is 3.47. The molecule has 0 bridgehead atoms. The Morgan fingerprint density at radius 2 is 1.73 bits per heavy atom. The van der Waals surface area contributed by atoms with Crippen LogP contribution >= 0.6 is 11.6 Å². The lowest BCUT2D eigenvalue weighted by atomic mass is 10.1. The average molecular weight is 395 g/mol. The Balaban J connectivity index is 1.82. The highest BCUT2D eigenvalue weighted by Crippen LogP contribution is 2.13. The summed E-state index contributed by atoms with van der Waals surface area (Å²) in [5.74, 6) is -0.384. The number of carbonyl (C=O) groups excluding carboxylic acids is 2. The molecule has 2 N–H and O–H groups in total. The van der Waals surface area contributed by atoms with Gasteiger partial charge in [-0.2, -0.15) is 0 Å². The van der Waals surface area contributed by atoms with Crippen LogP contribution in [0.2, 0.25) is 5.02 Å². The molecule has 26 heavy (non-hydrogen) atoms. The Morgan fingerprint density at radius 3 is 2.38 bits per heavy atom. The van der Waals surface area contributed by atoms with Crippen molar-refractivity contribution >= 4 is 39.0 Å². The zero-order valence-electron chi connectivity index (χ0n) is 14.2. The topological polar surface area (TPSA) is 92.3 Å². The standard InChI is InChI=1S/C18H19ClN2O4S/c1-26(24,25)21-16-4-2-3-13(11-16)12-20-18(23)10-9-17(22)14-5-7-15(19)8-6-14/h2-8,11,21H,9-10,12H2,1H3,(H,20,23). The highest BCUT2D eigenvalue weighted by atomic mass is 35.5. The Kier molecular flexibility index (Phi) is 6.76. The molecule has 8 heteroatoms. The smallest absolute Gasteiger partial charge is 0.229 e. The van der Waals surface area contributed by atoms with Crippen LogP contribution in [-0.2, 0) is 21.4 Å². The van der Waals surface area contributed by atoms with Gasteiger partial charge in [0.15, 0.2) is 5.78 Å². The molecule has 6 nitrogen and oxygen atoms in total. The number of rotatable bonds is 8. The van der Waals surface area contributed by atoms with Crippen molar-refractivity contribution in [1.82, 2.24) is 5.32 Å². The predicted molar refractivity (Wildman–Crippen MR) is 102 cm³/mol. The molecule has 0 aliphatic rings. The van der Waals surface area contributed by atoms with Gasteiger partial charge in [-0.05, 0) is 42.0 Å². The van der Waals surface area contributed by atoms with Gasteiger partial charge in [-0.1, -0.05) is 23.7 Å². The van der Waals surface area contributed by atoms with Gasteiger partial charge in [0.1, 0.15) is 0 Å². The first-order valence-corrected chi connectivity index (χ1v) is 10.1. The van der Waals surface area contributed by atoms with Crippen molar-refractivity contribution in [1.29, 1.82) is 0 Å². The monoisotopic (exact) mass is 394 g/mol. The van der Waals surface area contributed by atoms with Crippen LogP contribution in [0.25, 0.3) is 0 Å². The fourth-order valence-corrected chi connectivity index (χ4v) is 2.94. The number of anilines is 1. The number of sulfonamides is 1. The maximum atomic E-state index is 12.0. The molecular formula is C18H19ClN2O4S. The van der Waals surface area contributed by atoms with E-state index < -0.39 is 10.0 Å². The molecule has 0 saturated carbocycles. The summed E-state index contributed by atoms with van der Waals surface area (Å²) in [4.78, 5) is 23.9. The fourth-order valence-electron chi connectivity index (χ4n) is 2.26. The summed E-state index contributed by atoms with van der Waals surface area (Å²) in [7, 11) is -3.36. The van der Waals surface area contributed by atoms with Crippen LogP contribution < -0.4 is 10.0 Å². The Hall–Kier alpha value is -2.38. The minimum Gasteiger partial charge on any atom is -0.352 e. The molecule has 0 spiro atoms. The van der Waals surface area contributed by atoms with Crippen molar-refractivity contribution in [2.45, 2.75) is 19.4 Å². The number of Topliss-reactive ketones (excluding diaryl/α,β-unsaturated/α-hetero) is 1. The number of amides is 1. The van der Waals surface area contributed by atoms with E-state index in [4.69, 9.17) is 11.6 Å². The molecule has 0 unspecified atom stereocenters. The number of carbonyl (C=O) groups is 2. The first-order chi connectivity index (χ1) is 12.2. The van der Waals surface area contributed by atoms with Crippen LogP contribution in [0.5, 0.6) is 0 Å². The number of hydrogen-bond donors (Lipinski definition) is 2. The summed E-state index contributed by atoms with van der Waals surface area (Å²) in [6, 6.07) is 13.2. The van der Waals surface area contributed by atoms with Crippen LogP contribution in [-0.4, -0.2) is 26.4 Å². The molecule has 0 atom stereocenters. The van der Waals surface area contributed by atoms with E-state index in [9.17, 15) is 18.0 Å². The Labute approximate surface area is 157 Å².